The number of imidazole rings is 1. The van der Waals surface area contributed by atoms with Gasteiger partial charge >= 0.3 is 5.69 Å². The van der Waals surface area contributed by atoms with Gasteiger partial charge in [0.2, 0.25) is 5.28 Å². The molecule has 2 aliphatic rings. The number of hydrogen-bond donors (Lipinski definition) is 0. The van der Waals surface area contributed by atoms with Crippen molar-refractivity contribution in [3.8, 4) is 0 Å². The molecule has 2 aromatic heterocycles. The second-order valence-corrected chi connectivity index (χ2v) is 9.24. The summed E-state index contributed by atoms with van der Waals surface area (Å²) in [7, 11) is 0. The van der Waals surface area contributed by atoms with Crippen molar-refractivity contribution in [2.75, 3.05) is 0 Å². The van der Waals surface area contributed by atoms with E-state index >= 15 is 0 Å². The monoisotopic (exact) mass is 452 g/mol. The molecule has 5 rings (SSSR count). The zero-order valence-electron chi connectivity index (χ0n) is 15.6. The van der Waals surface area contributed by atoms with Gasteiger partial charge in [-0.3, -0.25) is 13.9 Å². The van der Waals surface area contributed by atoms with Crippen LogP contribution in [-0.4, -0.2) is 18.7 Å². The molecular formula is C20H19Cl3N4O2. The van der Waals surface area contributed by atoms with E-state index < -0.39 is 0 Å². The van der Waals surface area contributed by atoms with Crippen LogP contribution < -0.4 is 11.2 Å². The quantitative estimate of drug-likeness (QED) is 0.526. The fraction of sp³-hybridized carbons (Fsp3) is 0.450. The van der Waals surface area contributed by atoms with E-state index in [1.54, 1.807) is 21.3 Å². The van der Waals surface area contributed by atoms with E-state index in [0.717, 1.165) is 31.2 Å². The van der Waals surface area contributed by atoms with E-state index in [1.165, 1.54) is 4.57 Å². The van der Waals surface area contributed by atoms with Gasteiger partial charge in [0.05, 0.1) is 16.6 Å². The Kier molecular flexibility index (Phi) is 4.76. The van der Waals surface area contributed by atoms with Gasteiger partial charge < -0.3 is 4.57 Å². The minimum atomic E-state index is -0.330. The fourth-order valence-electron chi connectivity index (χ4n) is 3.67. The van der Waals surface area contributed by atoms with Crippen molar-refractivity contribution in [1.29, 1.82) is 0 Å². The van der Waals surface area contributed by atoms with Gasteiger partial charge in [-0.25, -0.2) is 4.79 Å². The molecule has 0 bridgehead atoms. The van der Waals surface area contributed by atoms with E-state index in [4.69, 9.17) is 34.8 Å². The topological polar surface area (TPSA) is 61.8 Å². The van der Waals surface area contributed by atoms with Crippen LogP contribution in [0.3, 0.4) is 0 Å². The van der Waals surface area contributed by atoms with Gasteiger partial charge in [-0.05, 0) is 66.8 Å². The van der Waals surface area contributed by atoms with Crippen molar-refractivity contribution in [2.24, 2.45) is 11.8 Å². The summed E-state index contributed by atoms with van der Waals surface area (Å²) in [5, 5.41) is 1.07. The van der Waals surface area contributed by atoms with E-state index in [-0.39, 0.29) is 16.5 Å². The molecule has 2 aliphatic carbocycles. The molecule has 0 saturated heterocycles. The highest BCUT2D eigenvalue weighted by atomic mass is 35.5. The van der Waals surface area contributed by atoms with E-state index in [1.807, 2.05) is 6.07 Å². The number of benzene rings is 1. The van der Waals surface area contributed by atoms with Crippen molar-refractivity contribution in [3.63, 3.8) is 0 Å². The van der Waals surface area contributed by atoms with Crippen molar-refractivity contribution < 1.29 is 0 Å². The highest BCUT2D eigenvalue weighted by molar-refractivity contribution is 6.42. The first-order valence-corrected chi connectivity index (χ1v) is 10.9. The second-order valence-electron chi connectivity index (χ2n) is 8.08. The third-order valence-electron chi connectivity index (χ3n) is 5.67. The van der Waals surface area contributed by atoms with E-state index in [9.17, 15) is 9.59 Å². The Morgan fingerprint density at radius 3 is 2.17 bits per heavy atom. The Morgan fingerprint density at radius 1 is 0.897 bits per heavy atom. The third kappa shape index (κ3) is 3.62. The Hall–Kier alpha value is -1.76. The van der Waals surface area contributed by atoms with Gasteiger partial charge in [-0.15, -0.1) is 0 Å². The van der Waals surface area contributed by atoms with Crippen LogP contribution in [0.15, 0.2) is 27.8 Å². The molecule has 0 atom stereocenters. The number of fused-ring (bicyclic) bond motifs is 1. The number of hydrogen-bond acceptors (Lipinski definition) is 3. The predicted molar refractivity (Wildman–Crippen MR) is 114 cm³/mol. The lowest BCUT2D eigenvalue weighted by Crippen LogP contribution is -2.41. The molecule has 1 aromatic carbocycles. The predicted octanol–water partition coefficient (Wildman–Crippen LogP) is 4.19. The molecule has 0 amide bonds. The van der Waals surface area contributed by atoms with Crippen LogP contribution in [0.5, 0.6) is 0 Å². The summed E-state index contributed by atoms with van der Waals surface area (Å²) in [6.45, 7) is 1.33. The molecule has 0 radical (unpaired) electrons. The maximum Gasteiger partial charge on any atom is 0.332 e. The first kappa shape index (κ1) is 19.2. The van der Waals surface area contributed by atoms with Crippen LogP contribution in [-0.2, 0) is 19.6 Å². The van der Waals surface area contributed by atoms with Crippen LogP contribution in [0.25, 0.3) is 11.2 Å². The minimum absolute atomic E-state index is 0.177. The zero-order chi connectivity index (χ0) is 20.3. The Bertz CT molecular complexity index is 1240. The standard InChI is InChI=1S/C20H19Cl3N4O2/c21-14-6-5-13(7-15(14)22)10-25-16-17(24-19(25)23)26(8-11-1-2-11)20(29)27(18(16)28)9-12-3-4-12/h5-7,11-12H,1-4,8-10H2. The number of nitrogens with zero attached hydrogens (tertiary/aromatic N) is 4. The van der Waals surface area contributed by atoms with Crippen LogP contribution in [0, 0.1) is 11.8 Å². The molecule has 3 aromatic rings. The maximum absolute atomic E-state index is 13.3. The van der Waals surface area contributed by atoms with Crippen LogP contribution in [0.1, 0.15) is 31.2 Å². The van der Waals surface area contributed by atoms with Crippen molar-refractivity contribution in [2.45, 2.75) is 45.3 Å². The summed E-state index contributed by atoms with van der Waals surface area (Å²) in [6.07, 6.45) is 4.28. The summed E-state index contributed by atoms with van der Waals surface area (Å²) < 4.78 is 4.66. The molecule has 0 unspecified atom stereocenters. The van der Waals surface area contributed by atoms with Crippen LogP contribution >= 0.6 is 34.8 Å². The molecule has 2 heterocycles. The smallest absolute Gasteiger partial charge is 0.304 e. The second kappa shape index (κ2) is 7.18. The number of halogens is 3. The molecule has 29 heavy (non-hydrogen) atoms. The summed E-state index contributed by atoms with van der Waals surface area (Å²) in [5.41, 5.74) is 0.959. The van der Waals surface area contributed by atoms with E-state index in [0.29, 0.717) is 52.7 Å². The normalized spacial score (nSPS) is 16.7. The van der Waals surface area contributed by atoms with Gasteiger partial charge in [0.1, 0.15) is 0 Å². The molecular weight excluding hydrogens is 435 g/mol. The van der Waals surface area contributed by atoms with E-state index in [2.05, 4.69) is 4.98 Å². The molecule has 2 fully saturated rings. The third-order valence-corrected chi connectivity index (χ3v) is 6.70. The summed E-state index contributed by atoms with van der Waals surface area (Å²) in [6, 6.07) is 5.29. The molecule has 0 aliphatic heterocycles. The maximum atomic E-state index is 13.3. The van der Waals surface area contributed by atoms with Gasteiger partial charge in [0.25, 0.3) is 5.56 Å². The van der Waals surface area contributed by atoms with Gasteiger partial charge in [0.15, 0.2) is 11.2 Å². The number of rotatable bonds is 6. The molecule has 0 N–H and O–H groups in total. The van der Waals surface area contributed by atoms with Gasteiger partial charge in [-0.2, -0.15) is 4.98 Å². The number of aromatic nitrogens is 4. The summed E-state index contributed by atoms with van der Waals surface area (Å²) in [5.74, 6) is 0.857. The minimum Gasteiger partial charge on any atom is -0.304 e. The molecule has 0 spiro atoms. The lowest BCUT2D eigenvalue weighted by atomic mass is 10.2. The molecule has 2 saturated carbocycles. The lowest BCUT2D eigenvalue weighted by molar-refractivity contribution is 0.519. The van der Waals surface area contributed by atoms with Gasteiger partial charge in [-0.1, -0.05) is 29.3 Å². The highest BCUT2D eigenvalue weighted by Gasteiger charge is 2.29. The highest BCUT2D eigenvalue weighted by Crippen LogP contribution is 2.32. The van der Waals surface area contributed by atoms with Crippen LogP contribution in [0.2, 0.25) is 15.3 Å². The van der Waals surface area contributed by atoms with Crippen molar-refractivity contribution >= 4 is 46.0 Å². The molecule has 6 nitrogen and oxygen atoms in total. The van der Waals surface area contributed by atoms with Crippen molar-refractivity contribution in [1.82, 2.24) is 18.7 Å². The van der Waals surface area contributed by atoms with Crippen LogP contribution in [0.4, 0.5) is 0 Å². The first-order valence-electron chi connectivity index (χ1n) is 9.75. The average molecular weight is 454 g/mol. The SMILES string of the molecule is O=c1c2c(nc(Cl)n2Cc2ccc(Cl)c(Cl)c2)n(CC2CC2)c(=O)n1CC1CC1. The van der Waals surface area contributed by atoms with Crippen molar-refractivity contribution in [3.05, 3.63) is 59.9 Å². The molecule has 152 valence electrons. The fourth-order valence-corrected chi connectivity index (χ4v) is 4.22. The van der Waals surface area contributed by atoms with Gasteiger partial charge in [0, 0.05) is 13.1 Å². The summed E-state index contributed by atoms with van der Waals surface area (Å²) >= 11 is 18.6. The molecule has 9 heteroatoms. The average Bonchev–Trinajstić information content (AvgIpc) is 3.60. The lowest BCUT2D eigenvalue weighted by Gasteiger charge is -2.12. The zero-order valence-corrected chi connectivity index (χ0v) is 17.8. The first-order chi connectivity index (χ1) is 13.9. The largest absolute Gasteiger partial charge is 0.332 e. The Balaban J connectivity index is 1.69. The Labute approximate surface area is 181 Å². The summed E-state index contributed by atoms with van der Waals surface area (Å²) in [4.78, 5) is 30.8. The Morgan fingerprint density at radius 2 is 1.55 bits per heavy atom.